The third-order valence-corrected chi connectivity index (χ3v) is 4.53. The Kier molecular flexibility index (Phi) is 3.36. The topological polar surface area (TPSA) is 0 Å². The van der Waals surface area contributed by atoms with Gasteiger partial charge in [-0.2, -0.15) is 0 Å². The summed E-state index contributed by atoms with van der Waals surface area (Å²) in [5.41, 5.74) is 3.34. The average molecular weight is 271 g/mol. The Balaban J connectivity index is 1.94. The Morgan fingerprint density at radius 2 is 1.53 bits per heavy atom. The molecular formula is C18H19Cl. The molecule has 0 aromatic heterocycles. The first-order chi connectivity index (χ1) is 9.16. The van der Waals surface area contributed by atoms with E-state index in [1.54, 1.807) is 0 Å². The lowest BCUT2D eigenvalue weighted by atomic mass is 9.83. The summed E-state index contributed by atoms with van der Waals surface area (Å²) < 4.78 is 0. The van der Waals surface area contributed by atoms with Crippen LogP contribution in [0.2, 0.25) is 5.02 Å². The van der Waals surface area contributed by atoms with Crippen molar-refractivity contribution in [3.05, 3.63) is 70.7 Å². The van der Waals surface area contributed by atoms with Crippen molar-refractivity contribution in [3.63, 3.8) is 0 Å². The van der Waals surface area contributed by atoms with Crippen LogP contribution in [0.4, 0.5) is 0 Å². The van der Waals surface area contributed by atoms with Crippen LogP contribution in [0.25, 0.3) is 0 Å². The molecule has 2 aromatic rings. The zero-order chi connectivity index (χ0) is 13.3. The second-order valence-corrected chi connectivity index (χ2v) is 6.47. The Hall–Kier alpha value is -1.27. The van der Waals surface area contributed by atoms with E-state index in [1.807, 2.05) is 12.1 Å². The van der Waals surface area contributed by atoms with Gasteiger partial charge >= 0.3 is 0 Å². The molecule has 0 radical (unpaired) electrons. The van der Waals surface area contributed by atoms with Gasteiger partial charge in [0.05, 0.1) is 0 Å². The Bertz CT molecular complexity index is 538. The largest absolute Gasteiger partial charge is 0.0843 e. The van der Waals surface area contributed by atoms with Crippen LogP contribution in [0.15, 0.2) is 54.6 Å². The molecule has 19 heavy (non-hydrogen) atoms. The molecule has 1 aliphatic carbocycles. The van der Waals surface area contributed by atoms with E-state index in [4.69, 9.17) is 11.6 Å². The highest BCUT2D eigenvalue weighted by Crippen LogP contribution is 2.52. The molecule has 1 heteroatoms. The van der Waals surface area contributed by atoms with Crippen molar-refractivity contribution in [2.45, 2.75) is 32.1 Å². The summed E-state index contributed by atoms with van der Waals surface area (Å²) in [6, 6.07) is 19.2. The molecule has 1 atom stereocenters. The van der Waals surface area contributed by atoms with Gasteiger partial charge in [0, 0.05) is 10.9 Å². The van der Waals surface area contributed by atoms with Crippen molar-refractivity contribution in [3.8, 4) is 0 Å². The number of hydrogen-bond donors (Lipinski definition) is 0. The van der Waals surface area contributed by atoms with Crippen molar-refractivity contribution < 1.29 is 0 Å². The van der Waals surface area contributed by atoms with Crippen LogP contribution in [0.5, 0.6) is 0 Å². The van der Waals surface area contributed by atoms with E-state index in [0.717, 1.165) is 5.02 Å². The first kappa shape index (κ1) is 12.7. The van der Waals surface area contributed by atoms with Crippen LogP contribution in [0.1, 0.15) is 43.2 Å². The molecule has 98 valence electrons. The molecule has 0 bridgehead atoms. The molecule has 1 saturated carbocycles. The summed E-state index contributed by atoms with van der Waals surface area (Å²) in [5.74, 6) is 0.492. The summed E-state index contributed by atoms with van der Waals surface area (Å²) in [5, 5.41) is 0.813. The molecule has 0 aliphatic heterocycles. The highest BCUT2D eigenvalue weighted by Gasteiger charge is 2.39. The maximum absolute atomic E-state index is 6.01. The van der Waals surface area contributed by atoms with Crippen molar-refractivity contribution in [2.75, 3.05) is 0 Å². The molecule has 1 unspecified atom stereocenters. The van der Waals surface area contributed by atoms with Crippen LogP contribution >= 0.6 is 11.6 Å². The Morgan fingerprint density at radius 3 is 2.11 bits per heavy atom. The first-order valence-electron chi connectivity index (χ1n) is 6.97. The monoisotopic (exact) mass is 270 g/mol. The summed E-state index contributed by atoms with van der Waals surface area (Å²) in [4.78, 5) is 0. The maximum atomic E-state index is 6.01. The normalized spacial score (nSPS) is 18.0. The number of benzene rings is 2. The summed E-state index contributed by atoms with van der Waals surface area (Å²) >= 11 is 6.01. The van der Waals surface area contributed by atoms with Gasteiger partial charge in [-0.05, 0) is 47.9 Å². The number of hydrogen-bond acceptors (Lipinski definition) is 0. The molecule has 1 fully saturated rings. The van der Waals surface area contributed by atoms with E-state index in [1.165, 1.54) is 30.4 Å². The summed E-state index contributed by atoms with van der Waals surface area (Å²) in [6.45, 7) is 2.40. The minimum Gasteiger partial charge on any atom is -0.0843 e. The van der Waals surface area contributed by atoms with Gasteiger partial charge in [0.25, 0.3) is 0 Å². The standard InChI is InChI=1S/C18H19Cl/c1-18(11-12-18)13-17(14-5-3-2-4-6-14)15-7-9-16(19)10-8-15/h2-10,17H,11-13H2,1H3. The fourth-order valence-corrected chi connectivity index (χ4v) is 2.84. The highest BCUT2D eigenvalue weighted by molar-refractivity contribution is 6.30. The van der Waals surface area contributed by atoms with E-state index in [-0.39, 0.29) is 0 Å². The molecule has 2 aromatic carbocycles. The molecule has 0 nitrogen and oxygen atoms in total. The van der Waals surface area contributed by atoms with E-state index in [0.29, 0.717) is 11.3 Å². The van der Waals surface area contributed by atoms with Crippen molar-refractivity contribution >= 4 is 11.6 Å². The fraction of sp³-hybridized carbons (Fsp3) is 0.333. The van der Waals surface area contributed by atoms with Crippen LogP contribution in [0, 0.1) is 5.41 Å². The molecule has 1 aliphatic rings. The van der Waals surface area contributed by atoms with Crippen molar-refractivity contribution in [1.29, 1.82) is 0 Å². The van der Waals surface area contributed by atoms with Crippen molar-refractivity contribution in [2.24, 2.45) is 5.41 Å². The van der Waals surface area contributed by atoms with E-state index in [9.17, 15) is 0 Å². The van der Waals surface area contributed by atoms with Crippen molar-refractivity contribution in [1.82, 2.24) is 0 Å². The first-order valence-corrected chi connectivity index (χ1v) is 7.35. The highest BCUT2D eigenvalue weighted by atomic mass is 35.5. The van der Waals surface area contributed by atoms with Gasteiger partial charge in [0.1, 0.15) is 0 Å². The second-order valence-electron chi connectivity index (χ2n) is 6.03. The zero-order valence-corrected chi connectivity index (χ0v) is 12.0. The van der Waals surface area contributed by atoms with Gasteiger partial charge in [-0.3, -0.25) is 0 Å². The predicted molar refractivity (Wildman–Crippen MR) is 81.7 cm³/mol. The SMILES string of the molecule is CC1(CC(c2ccccc2)c2ccc(Cl)cc2)CC1. The van der Waals surface area contributed by atoms with Gasteiger partial charge in [0.15, 0.2) is 0 Å². The number of rotatable bonds is 4. The lowest BCUT2D eigenvalue weighted by Gasteiger charge is -2.22. The Morgan fingerprint density at radius 1 is 0.947 bits per heavy atom. The van der Waals surface area contributed by atoms with E-state index < -0.39 is 0 Å². The molecule has 0 spiro atoms. The minimum atomic E-state index is 0.492. The third kappa shape index (κ3) is 3.01. The molecule has 0 heterocycles. The van der Waals surface area contributed by atoms with Crippen LogP contribution < -0.4 is 0 Å². The molecule has 0 saturated heterocycles. The predicted octanol–water partition coefficient (Wildman–Crippen LogP) is 5.66. The number of halogens is 1. The van der Waals surface area contributed by atoms with Gasteiger partial charge in [-0.15, -0.1) is 0 Å². The quantitative estimate of drug-likeness (QED) is 0.672. The van der Waals surface area contributed by atoms with Gasteiger partial charge in [-0.1, -0.05) is 61.0 Å². The molecular weight excluding hydrogens is 252 g/mol. The van der Waals surface area contributed by atoms with E-state index in [2.05, 4.69) is 49.4 Å². The van der Waals surface area contributed by atoms with Gasteiger partial charge in [0.2, 0.25) is 0 Å². The van der Waals surface area contributed by atoms with Crippen LogP contribution in [0.3, 0.4) is 0 Å². The minimum absolute atomic E-state index is 0.492. The third-order valence-electron chi connectivity index (χ3n) is 4.27. The average Bonchev–Trinajstić information content (AvgIpc) is 3.16. The smallest absolute Gasteiger partial charge is 0.0406 e. The fourth-order valence-electron chi connectivity index (χ4n) is 2.72. The summed E-state index contributed by atoms with van der Waals surface area (Å²) in [6.07, 6.45) is 3.96. The molecule has 3 rings (SSSR count). The Labute approximate surface area is 120 Å². The van der Waals surface area contributed by atoms with Crippen LogP contribution in [-0.4, -0.2) is 0 Å². The van der Waals surface area contributed by atoms with Gasteiger partial charge < -0.3 is 0 Å². The van der Waals surface area contributed by atoms with Crippen LogP contribution in [-0.2, 0) is 0 Å². The lowest BCUT2D eigenvalue weighted by molar-refractivity contribution is 0.482. The molecule has 0 amide bonds. The zero-order valence-electron chi connectivity index (χ0n) is 11.3. The summed E-state index contributed by atoms with van der Waals surface area (Å²) in [7, 11) is 0. The van der Waals surface area contributed by atoms with Gasteiger partial charge in [-0.25, -0.2) is 0 Å². The second kappa shape index (κ2) is 5.02. The lowest BCUT2D eigenvalue weighted by Crippen LogP contribution is -2.07. The van der Waals surface area contributed by atoms with E-state index >= 15 is 0 Å². The molecule has 0 N–H and O–H groups in total. The maximum Gasteiger partial charge on any atom is 0.0406 e.